The van der Waals surface area contributed by atoms with Gasteiger partial charge in [0.05, 0.1) is 13.0 Å². The lowest BCUT2D eigenvalue weighted by molar-refractivity contribution is -0.145. The van der Waals surface area contributed by atoms with Crippen molar-refractivity contribution in [1.82, 2.24) is 4.90 Å². The van der Waals surface area contributed by atoms with Crippen molar-refractivity contribution in [2.24, 2.45) is 5.92 Å². The zero-order chi connectivity index (χ0) is 10.6. The van der Waals surface area contributed by atoms with Crippen LogP contribution in [0.1, 0.15) is 13.3 Å². The number of nitrogens with zero attached hydrogens (tertiary/aromatic N) is 1. The molecule has 4 nitrogen and oxygen atoms in total. The molecule has 1 atom stereocenters. The van der Waals surface area contributed by atoms with Gasteiger partial charge in [0.15, 0.2) is 0 Å². The van der Waals surface area contributed by atoms with Crippen LogP contribution in [-0.4, -0.2) is 37.0 Å². The summed E-state index contributed by atoms with van der Waals surface area (Å²) in [7, 11) is 1.37. The second-order valence-corrected chi connectivity index (χ2v) is 3.29. The lowest BCUT2D eigenvalue weighted by Gasteiger charge is -2.13. The minimum atomic E-state index is -0.222. The molecule has 0 aromatic carbocycles. The SMILES string of the molecule is CC=CC(=O)N1CCC(C(=O)OC)C1. The van der Waals surface area contributed by atoms with Crippen LogP contribution in [-0.2, 0) is 14.3 Å². The van der Waals surface area contributed by atoms with Gasteiger partial charge in [-0.3, -0.25) is 9.59 Å². The largest absolute Gasteiger partial charge is 0.469 e. The fourth-order valence-corrected chi connectivity index (χ4v) is 1.57. The number of ether oxygens (including phenoxy) is 1. The highest BCUT2D eigenvalue weighted by Gasteiger charge is 2.30. The molecule has 0 radical (unpaired) electrons. The molecule has 78 valence electrons. The average molecular weight is 197 g/mol. The number of carbonyl (C=O) groups excluding carboxylic acids is 2. The summed E-state index contributed by atoms with van der Waals surface area (Å²) < 4.78 is 4.63. The first-order valence-electron chi connectivity index (χ1n) is 4.68. The normalized spacial score (nSPS) is 21.6. The zero-order valence-corrected chi connectivity index (χ0v) is 8.53. The average Bonchev–Trinajstić information content (AvgIpc) is 2.66. The number of esters is 1. The highest BCUT2D eigenvalue weighted by molar-refractivity contribution is 5.88. The van der Waals surface area contributed by atoms with Crippen LogP contribution in [0.2, 0.25) is 0 Å². The Morgan fingerprint density at radius 1 is 1.50 bits per heavy atom. The topological polar surface area (TPSA) is 46.6 Å². The van der Waals surface area contributed by atoms with Gasteiger partial charge in [-0.25, -0.2) is 0 Å². The van der Waals surface area contributed by atoms with Crippen LogP contribution in [0.4, 0.5) is 0 Å². The maximum atomic E-state index is 11.4. The van der Waals surface area contributed by atoms with Crippen LogP contribution >= 0.6 is 0 Å². The van der Waals surface area contributed by atoms with Crippen molar-refractivity contribution in [1.29, 1.82) is 0 Å². The van der Waals surface area contributed by atoms with Crippen molar-refractivity contribution >= 4 is 11.9 Å². The number of hydrogen-bond donors (Lipinski definition) is 0. The molecular weight excluding hydrogens is 182 g/mol. The Morgan fingerprint density at radius 3 is 2.79 bits per heavy atom. The van der Waals surface area contributed by atoms with E-state index in [2.05, 4.69) is 4.74 Å². The summed E-state index contributed by atoms with van der Waals surface area (Å²) in [6.45, 7) is 2.92. The van der Waals surface area contributed by atoms with E-state index in [9.17, 15) is 9.59 Å². The van der Waals surface area contributed by atoms with Crippen molar-refractivity contribution in [3.63, 3.8) is 0 Å². The number of carbonyl (C=O) groups is 2. The van der Waals surface area contributed by atoms with E-state index in [1.165, 1.54) is 13.2 Å². The smallest absolute Gasteiger partial charge is 0.310 e. The first-order chi connectivity index (χ1) is 6.69. The van der Waals surface area contributed by atoms with E-state index in [1.54, 1.807) is 17.9 Å². The van der Waals surface area contributed by atoms with E-state index in [4.69, 9.17) is 0 Å². The van der Waals surface area contributed by atoms with Gasteiger partial charge < -0.3 is 9.64 Å². The monoisotopic (exact) mass is 197 g/mol. The molecule has 1 aliphatic heterocycles. The minimum absolute atomic E-state index is 0.0288. The highest BCUT2D eigenvalue weighted by atomic mass is 16.5. The third-order valence-electron chi connectivity index (χ3n) is 2.34. The lowest BCUT2D eigenvalue weighted by atomic mass is 10.1. The van der Waals surface area contributed by atoms with Gasteiger partial charge in [-0.1, -0.05) is 6.08 Å². The molecular formula is C10H15NO3. The summed E-state index contributed by atoms with van der Waals surface area (Å²) in [4.78, 5) is 24.2. The van der Waals surface area contributed by atoms with Crippen LogP contribution in [0.3, 0.4) is 0 Å². The van der Waals surface area contributed by atoms with Crippen molar-refractivity contribution < 1.29 is 14.3 Å². The maximum absolute atomic E-state index is 11.4. The van der Waals surface area contributed by atoms with Crippen molar-refractivity contribution in [2.45, 2.75) is 13.3 Å². The molecule has 1 fully saturated rings. The number of rotatable bonds is 2. The molecule has 0 aliphatic carbocycles. The van der Waals surface area contributed by atoms with Crippen LogP contribution in [0.25, 0.3) is 0 Å². The predicted octanol–water partition coefficient (Wildman–Crippen LogP) is 0.584. The van der Waals surface area contributed by atoms with Gasteiger partial charge in [-0.15, -0.1) is 0 Å². The quantitative estimate of drug-likeness (QED) is 0.480. The summed E-state index contributed by atoms with van der Waals surface area (Å²) in [5.74, 6) is -0.395. The Balaban J connectivity index is 2.49. The Bertz CT molecular complexity index is 260. The van der Waals surface area contributed by atoms with E-state index in [-0.39, 0.29) is 17.8 Å². The van der Waals surface area contributed by atoms with Crippen molar-refractivity contribution in [3.8, 4) is 0 Å². The Hall–Kier alpha value is -1.32. The fraction of sp³-hybridized carbons (Fsp3) is 0.600. The molecule has 4 heteroatoms. The molecule has 14 heavy (non-hydrogen) atoms. The standard InChI is InChI=1S/C10H15NO3/c1-3-4-9(12)11-6-5-8(7-11)10(13)14-2/h3-4,8H,5-7H2,1-2H3. The fourth-order valence-electron chi connectivity index (χ4n) is 1.57. The van der Waals surface area contributed by atoms with Gasteiger partial charge in [0.25, 0.3) is 0 Å². The number of amides is 1. The third-order valence-corrected chi connectivity index (χ3v) is 2.34. The third kappa shape index (κ3) is 2.34. The number of hydrogen-bond acceptors (Lipinski definition) is 3. The van der Waals surface area contributed by atoms with Crippen LogP contribution in [0.5, 0.6) is 0 Å². The second kappa shape index (κ2) is 4.79. The molecule has 1 unspecified atom stereocenters. The number of likely N-dealkylation sites (tertiary alicyclic amines) is 1. The number of methoxy groups -OCH3 is 1. The molecule has 1 rings (SSSR count). The first-order valence-corrected chi connectivity index (χ1v) is 4.68. The highest BCUT2D eigenvalue weighted by Crippen LogP contribution is 2.17. The Kier molecular flexibility index (Phi) is 3.68. The molecule has 0 N–H and O–H groups in total. The summed E-state index contributed by atoms with van der Waals surface area (Å²) in [6, 6.07) is 0. The molecule has 1 amide bonds. The van der Waals surface area contributed by atoms with Crippen molar-refractivity contribution in [3.05, 3.63) is 12.2 Å². The minimum Gasteiger partial charge on any atom is -0.469 e. The summed E-state index contributed by atoms with van der Waals surface area (Å²) in [5.41, 5.74) is 0. The molecule has 0 aromatic rings. The molecule has 0 bridgehead atoms. The van der Waals surface area contributed by atoms with Gasteiger partial charge in [-0.05, 0) is 19.4 Å². The van der Waals surface area contributed by atoms with E-state index < -0.39 is 0 Å². The van der Waals surface area contributed by atoms with E-state index >= 15 is 0 Å². The lowest BCUT2D eigenvalue weighted by Crippen LogP contribution is -2.28. The van der Waals surface area contributed by atoms with Gasteiger partial charge in [0, 0.05) is 13.1 Å². The molecule has 1 saturated heterocycles. The zero-order valence-electron chi connectivity index (χ0n) is 8.53. The Morgan fingerprint density at radius 2 is 2.21 bits per heavy atom. The van der Waals surface area contributed by atoms with Crippen molar-refractivity contribution in [2.75, 3.05) is 20.2 Å². The summed E-state index contributed by atoms with van der Waals surface area (Å²) in [6.07, 6.45) is 3.92. The van der Waals surface area contributed by atoms with Crippen LogP contribution in [0, 0.1) is 5.92 Å². The predicted molar refractivity (Wildman–Crippen MR) is 51.5 cm³/mol. The summed E-state index contributed by atoms with van der Waals surface area (Å²) >= 11 is 0. The molecule has 1 aliphatic rings. The van der Waals surface area contributed by atoms with Crippen LogP contribution < -0.4 is 0 Å². The van der Waals surface area contributed by atoms with E-state index in [0.29, 0.717) is 19.5 Å². The van der Waals surface area contributed by atoms with Crippen LogP contribution in [0.15, 0.2) is 12.2 Å². The van der Waals surface area contributed by atoms with Gasteiger partial charge in [0.2, 0.25) is 5.91 Å². The molecule has 1 heterocycles. The molecule has 0 aromatic heterocycles. The second-order valence-electron chi connectivity index (χ2n) is 3.29. The summed E-state index contributed by atoms with van der Waals surface area (Å²) in [5, 5.41) is 0. The van der Waals surface area contributed by atoms with Gasteiger partial charge >= 0.3 is 5.97 Å². The van der Waals surface area contributed by atoms with E-state index in [0.717, 1.165) is 0 Å². The Labute approximate surface area is 83.5 Å². The first kappa shape index (κ1) is 10.8. The number of allylic oxidation sites excluding steroid dienone is 1. The van der Waals surface area contributed by atoms with E-state index in [1.807, 2.05) is 0 Å². The molecule has 0 saturated carbocycles. The molecule has 0 spiro atoms. The van der Waals surface area contributed by atoms with Gasteiger partial charge in [0.1, 0.15) is 0 Å². The van der Waals surface area contributed by atoms with Gasteiger partial charge in [-0.2, -0.15) is 0 Å². The maximum Gasteiger partial charge on any atom is 0.310 e.